The molecule has 0 amide bonds. The van der Waals surface area contributed by atoms with E-state index in [1.807, 2.05) is 30.3 Å². The minimum absolute atomic E-state index is 0.362. The van der Waals surface area contributed by atoms with Gasteiger partial charge in [0.25, 0.3) is 0 Å². The highest BCUT2D eigenvalue weighted by atomic mass is 16.3. The van der Waals surface area contributed by atoms with E-state index in [9.17, 15) is 5.11 Å². The van der Waals surface area contributed by atoms with E-state index in [1.54, 1.807) is 0 Å². The lowest BCUT2D eigenvalue weighted by Crippen LogP contribution is -2.33. The van der Waals surface area contributed by atoms with Gasteiger partial charge in [-0.1, -0.05) is 37.3 Å². The van der Waals surface area contributed by atoms with Crippen molar-refractivity contribution in [3.63, 3.8) is 0 Å². The van der Waals surface area contributed by atoms with Crippen molar-refractivity contribution >= 4 is 0 Å². The van der Waals surface area contributed by atoms with Crippen LogP contribution in [0.15, 0.2) is 30.3 Å². The van der Waals surface area contributed by atoms with Crippen molar-refractivity contribution in [2.24, 2.45) is 0 Å². The predicted molar refractivity (Wildman–Crippen MR) is 74.6 cm³/mol. The summed E-state index contributed by atoms with van der Waals surface area (Å²) in [7, 11) is 0. The second-order valence-electron chi connectivity index (χ2n) is 5.01. The zero-order chi connectivity index (χ0) is 12.8. The van der Waals surface area contributed by atoms with Crippen molar-refractivity contribution in [1.82, 2.24) is 9.80 Å². The fourth-order valence-corrected chi connectivity index (χ4v) is 2.55. The molecule has 1 N–H and O–H groups in total. The molecule has 1 aromatic rings. The third kappa shape index (κ3) is 3.80. The van der Waals surface area contributed by atoms with Gasteiger partial charge >= 0.3 is 0 Å². The van der Waals surface area contributed by atoms with Crippen molar-refractivity contribution in [2.75, 3.05) is 39.3 Å². The minimum atomic E-state index is -0.362. The second kappa shape index (κ2) is 6.88. The molecule has 0 bridgehead atoms. The van der Waals surface area contributed by atoms with Gasteiger partial charge < -0.3 is 10.0 Å². The van der Waals surface area contributed by atoms with Gasteiger partial charge in [0.15, 0.2) is 0 Å². The number of aliphatic hydroxyl groups is 1. The van der Waals surface area contributed by atoms with E-state index < -0.39 is 0 Å². The molecule has 1 saturated heterocycles. The number of likely N-dealkylation sites (N-methyl/N-ethyl adjacent to an activating group) is 1. The third-order valence-corrected chi connectivity index (χ3v) is 3.74. The maximum absolute atomic E-state index is 10.2. The molecule has 100 valence electrons. The Morgan fingerprint density at radius 2 is 1.72 bits per heavy atom. The maximum Gasteiger partial charge on any atom is 0.0916 e. The average molecular weight is 248 g/mol. The van der Waals surface area contributed by atoms with Crippen LogP contribution >= 0.6 is 0 Å². The second-order valence-corrected chi connectivity index (χ2v) is 5.01. The molecule has 0 radical (unpaired) electrons. The smallest absolute Gasteiger partial charge is 0.0916 e. The number of hydrogen-bond donors (Lipinski definition) is 1. The van der Waals surface area contributed by atoms with Gasteiger partial charge in [0.05, 0.1) is 6.10 Å². The van der Waals surface area contributed by atoms with Crippen LogP contribution in [0.5, 0.6) is 0 Å². The van der Waals surface area contributed by atoms with Crippen molar-refractivity contribution in [2.45, 2.75) is 19.4 Å². The third-order valence-electron chi connectivity index (χ3n) is 3.74. The van der Waals surface area contributed by atoms with Crippen LogP contribution in [0.1, 0.15) is 25.0 Å². The fourth-order valence-electron chi connectivity index (χ4n) is 2.55. The first-order valence-electron chi connectivity index (χ1n) is 6.97. The summed E-state index contributed by atoms with van der Waals surface area (Å²) in [5, 5.41) is 10.2. The van der Waals surface area contributed by atoms with Gasteiger partial charge in [-0.25, -0.2) is 0 Å². The number of aliphatic hydroxyl groups excluding tert-OH is 1. The Morgan fingerprint density at radius 3 is 2.44 bits per heavy atom. The van der Waals surface area contributed by atoms with E-state index in [1.165, 1.54) is 13.0 Å². The van der Waals surface area contributed by atoms with E-state index >= 15 is 0 Å². The topological polar surface area (TPSA) is 26.7 Å². The lowest BCUT2D eigenvalue weighted by atomic mass is 10.1. The van der Waals surface area contributed by atoms with Crippen LogP contribution < -0.4 is 0 Å². The number of hydrogen-bond acceptors (Lipinski definition) is 3. The van der Waals surface area contributed by atoms with E-state index in [2.05, 4.69) is 16.7 Å². The lowest BCUT2D eigenvalue weighted by molar-refractivity contribution is 0.115. The molecule has 0 saturated carbocycles. The van der Waals surface area contributed by atoms with Gasteiger partial charge in [0.2, 0.25) is 0 Å². The highest BCUT2D eigenvalue weighted by Crippen LogP contribution is 2.14. The van der Waals surface area contributed by atoms with Crippen molar-refractivity contribution in [3.05, 3.63) is 35.9 Å². The van der Waals surface area contributed by atoms with E-state index in [0.717, 1.165) is 38.3 Å². The van der Waals surface area contributed by atoms with Gasteiger partial charge in [-0.05, 0) is 31.6 Å². The zero-order valence-corrected chi connectivity index (χ0v) is 11.3. The van der Waals surface area contributed by atoms with Crippen LogP contribution in [0.4, 0.5) is 0 Å². The lowest BCUT2D eigenvalue weighted by Gasteiger charge is -2.23. The Labute approximate surface area is 110 Å². The highest BCUT2D eigenvalue weighted by molar-refractivity contribution is 5.17. The van der Waals surface area contributed by atoms with Gasteiger partial charge in [0.1, 0.15) is 0 Å². The number of rotatable bonds is 4. The molecule has 1 unspecified atom stereocenters. The van der Waals surface area contributed by atoms with Gasteiger partial charge in [0, 0.05) is 19.6 Å². The molecule has 1 aliphatic rings. The molecule has 0 spiro atoms. The number of β-amino-alcohol motifs (C(OH)–C–C–N with tert-alkyl or cyclic N) is 1. The zero-order valence-electron chi connectivity index (χ0n) is 11.3. The van der Waals surface area contributed by atoms with E-state index in [-0.39, 0.29) is 6.10 Å². The molecule has 3 heteroatoms. The van der Waals surface area contributed by atoms with Crippen LogP contribution in [0, 0.1) is 0 Å². The largest absolute Gasteiger partial charge is 0.387 e. The molecular weight excluding hydrogens is 224 g/mol. The Morgan fingerprint density at radius 1 is 1.06 bits per heavy atom. The molecule has 1 atom stereocenters. The summed E-state index contributed by atoms with van der Waals surface area (Å²) in [6, 6.07) is 9.96. The molecule has 18 heavy (non-hydrogen) atoms. The van der Waals surface area contributed by atoms with Gasteiger partial charge in [-0.3, -0.25) is 4.90 Å². The number of benzene rings is 1. The fraction of sp³-hybridized carbons (Fsp3) is 0.600. The molecule has 3 nitrogen and oxygen atoms in total. The van der Waals surface area contributed by atoms with Crippen LogP contribution in [0.25, 0.3) is 0 Å². The highest BCUT2D eigenvalue weighted by Gasteiger charge is 2.17. The molecule has 1 aliphatic heterocycles. The van der Waals surface area contributed by atoms with E-state index in [4.69, 9.17) is 0 Å². The van der Waals surface area contributed by atoms with Gasteiger partial charge in [-0.2, -0.15) is 0 Å². The van der Waals surface area contributed by atoms with Crippen LogP contribution in [-0.2, 0) is 0 Å². The van der Waals surface area contributed by atoms with Gasteiger partial charge in [-0.15, -0.1) is 0 Å². The Bertz CT molecular complexity index is 342. The number of nitrogens with zero attached hydrogens (tertiary/aromatic N) is 2. The first-order chi connectivity index (χ1) is 8.79. The molecule has 0 aliphatic carbocycles. The summed E-state index contributed by atoms with van der Waals surface area (Å²) in [6.45, 7) is 8.58. The summed E-state index contributed by atoms with van der Waals surface area (Å²) >= 11 is 0. The van der Waals surface area contributed by atoms with Crippen LogP contribution in [0.2, 0.25) is 0 Å². The summed E-state index contributed by atoms with van der Waals surface area (Å²) < 4.78 is 0. The molecule has 0 aromatic heterocycles. The van der Waals surface area contributed by atoms with Crippen molar-refractivity contribution < 1.29 is 5.11 Å². The SMILES string of the molecule is CCN1CCCN(CC(O)c2ccccc2)CC1. The van der Waals surface area contributed by atoms with Crippen LogP contribution in [0.3, 0.4) is 0 Å². The first-order valence-corrected chi connectivity index (χ1v) is 6.97. The van der Waals surface area contributed by atoms with Crippen molar-refractivity contribution in [1.29, 1.82) is 0 Å². The summed E-state index contributed by atoms with van der Waals surface area (Å²) in [5.41, 5.74) is 1.02. The quantitative estimate of drug-likeness (QED) is 0.879. The average Bonchev–Trinajstić information content (AvgIpc) is 2.65. The van der Waals surface area contributed by atoms with Crippen molar-refractivity contribution in [3.8, 4) is 0 Å². The molecule has 1 heterocycles. The summed E-state index contributed by atoms with van der Waals surface area (Å²) in [5.74, 6) is 0. The normalized spacial score (nSPS) is 20.6. The minimum Gasteiger partial charge on any atom is -0.387 e. The summed E-state index contributed by atoms with van der Waals surface area (Å²) in [4.78, 5) is 4.86. The van der Waals surface area contributed by atoms with E-state index in [0.29, 0.717) is 0 Å². The Balaban J connectivity index is 1.86. The first kappa shape index (κ1) is 13.5. The standard InChI is InChI=1S/C15H24N2O/c1-2-16-9-6-10-17(12-11-16)13-15(18)14-7-4-3-5-8-14/h3-5,7-8,15,18H,2,6,9-13H2,1H3. The monoisotopic (exact) mass is 248 g/mol. The molecule has 1 aromatic carbocycles. The molecular formula is C15H24N2O. The Kier molecular flexibility index (Phi) is 5.17. The predicted octanol–water partition coefficient (Wildman–Crippen LogP) is 1.75. The van der Waals surface area contributed by atoms with Crippen LogP contribution in [-0.4, -0.2) is 54.2 Å². The molecule has 2 rings (SSSR count). The summed E-state index contributed by atoms with van der Waals surface area (Å²) in [6.07, 6.45) is 0.842. The maximum atomic E-state index is 10.2. The molecule has 1 fully saturated rings. The Hall–Kier alpha value is -0.900.